The van der Waals surface area contributed by atoms with Crippen LogP contribution < -0.4 is 5.73 Å². The summed E-state index contributed by atoms with van der Waals surface area (Å²) in [5.41, 5.74) is 6.56. The van der Waals surface area contributed by atoms with E-state index in [1.54, 1.807) is 0 Å². The fourth-order valence-electron chi connectivity index (χ4n) is 4.19. The zero-order chi connectivity index (χ0) is 12.1. The van der Waals surface area contributed by atoms with Gasteiger partial charge in [-0.05, 0) is 32.2 Å². The standard InChI is InChI=1S/C15H30N2/c1-2-17(14-9-5-6-10-14)15(13-16)11-7-3-4-8-12-15/h14H,2-13,16H2,1H3. The molecule has 0 radical (unpaired) electrons. The van der Waals surface area contributed by atoms with Crippen molar-refractivity contribution in [3.8, 4) is 0 Å². The topological polar surface area (TPSA) is 29.3 Å². The van der Waals surface area contributed by atoms with E-state index in [1.165, 1.54) is 70.8 Å². The number of hydrogen-bond donors (Lipinski definition) is 1. The Balaban J connectivity index is 2.11. The van der Waals surface area contributed by atoms with Gasteiger partial charge in [-0.2, -0.15) is 0 Å². The first-order valence-electron chi connectivity index (χ1n) is 7.79. The Morgan fingerprint density at radius 3 is 2.06 bits per heavy atom. The lowest BCUT2D eigenvalue weighted by Gasteiger charge is -2.46. The van der Waals surface area contributed by atoms with Crippen LogP contribution in [0.5, 0.6) is 0 Å². The molecule has 0 heterocycles. The fraction of sp³-hybridized carbons (Fsp3) is 1.00. The Labute approximate surface area is 107 Å². The summed E-state index contributed by atoms with van der Waals surface area (Å²) in [6.45, 7) is 4.40. The van der Waals surface area contributed by atoms with Crippen molar-refractivity contribution in [1.82, 2.24) is 4.90 Å². The zero-order valence-corrected chi connectivity index (χ0v) is 11.6. The zero-order valence-electron chi connectivity index (χ0n) is 11.6. The van der Waals surface area contributed by atoms with Crippen molar-refractivity contribution < 1.29 is 0 Å². The molecule has 2 aliphatic carbocycles. The number of nitrogens with zero attached hydrogens (tertiary/aromatic N) is 1. The molecule has 2 nitrogen and oxygen atoms in total. The molecule has 2 saturated carbocycles. The van der Waals surface area contributed by atoms with Crippen LogP contribution >= 0.6 is 0 Å². The highest BCUT2D eigenvalue weighted by atomic mass is 15.2. The predicted octanol–water partition coefficient (Wildman–Crippen LogP) is 3.30. The van der Waals surface area contributed by atoms with Crippen LogP contribution in [0.4, 0.5) is 0 Å². The van der Waals surface area contributed by atoms with Crippen LogP contribution in [0.2, 0.25) is 0 Å². The smallest absolute Gasteiger partial charge is 0.0334 e. The summed E-state index contributed by atoms with van der Waals surface area (Å²) < 4.78 is 0. The molecule has 2 fully saturated rings. The summed E-state index contributed by atoms with van der Waals surface area (Å²) in [7, 11) is 0. The van der Waals surface area contributed by atoms with Crippen LogP contribution in [0.3, 0.4) is 0 Å². The molecule has 0 amide bonds. The molecule has 0 spiro atoms. The van der Waals surface area contributed by atoms with Crippen LogP contribution in [-0.4, -0.2) is 29.6 Å². The van der Waals surface area contributed by atoms with Crippen molar-refractivity contribution in [2.45, 2.75) is 82.7 Å². The van der Waals surface area contributed by atoms with E-state index in [4.69, 9.17) is 5.73 Å². The molecule has 100 valence electrons. The molecular formula is C15H30N2. The molecule has 0 bridgehead atoms. The Kier molecular flexibility index (Phi) is 4.87. The lowest BCUT2D eigenvalue weighted by molar-refractivity contribution is 0.0419. The van der Waals surface area contributed by atoms with Gasteiger partial charge in [0.25, 0.3) is 0 Å². The van der Waals surface area contributed by atoms with Crippen molar-refractivity contribution in [2.24, 2.45) is 5.73 Å². The van der Waals surface area contributed by atoms with E-state index in [0.717, 1.165) is 12.6 Å². The van der Waals surface area contributed by atoms with E-state index >= 15 is 0 Å². The van der Waals surface area contributed by atoms with Gasteiger partial charge in [0, 0.05) is 18.1 Å². The Morgan fingerprint density at radius 2 is 1.59 bits per heavy atom. The molecule has 0 aromatic carbocycles. The lowest BCUT2D eigenvalue weighted by atomic mass is 9.86. The first kappa shape index (κ1) is 13.4. The minimum absolute atomic E-state index is 0.347. The average molecular weight is 238 g/mol. The summed E-state index contributed by atoms with van der Waals surface area (Å²) in [5.74, 6) is 0. The van der Waals surface area contributed by atoms with Gasteiger partial charge in [-0.15, -0.1) is 0 Å². The van der Waals surface area contributed by atoms with Crippen LogP contribution in [0.25, 0.3) is 0 Å². The third-order valence-corrected chi connectivity index (χ3v) is 5.13. The summed E-state index contributed by atoms with van der Waals surface area (Å²) in [6, 6.07) is 0.835. The second-order valence-electron chi connectivity index (χ2n) is 6.07. The SMILES string of the molecule is CCN(C1CCCC1)C1(CN)CCCCCC1. The van der Waals surface area contributed by atoms with Crippen molar-refractivity contribution >= 4 is 0 Å². The third kappa shape index (κ3) is 2.85. The maximum Gasteiger partial charge on any atom is 0.0334 e. The van der Waals surface area contributed by atoms with Crippen molar-refractivity contribution in [1.29, 1.82) is 0 Å². The first-order chi connectivity index (χ1) is 8.32. The van der Waals surface area contributed by atoms with E-state index < -0.39 is 0 Å². The molecule has 0 aromatic rings. The summed E-state index contributed by atoms with van der Waals surface area (Å²) >= 11 is 0. The van der Waals surface area contributed by atoms with Gasteiger partial charge < -0.3 is 5.73 Å². The van der Waals surface area contributed by atoms with Crippen molar-refractivity contribution in [2.75, 3.05) is 13.1 Å². The average Bonchev–Trinajstić information content (AvgIpc) is 2.76. The fourth-order valence-corrected chi connectivity index (χ4v) is 4.19. The summed E-state index contributed by atoms with van der Waals surface area (Å²) in [5, 5.41) is 0. The normalized spacial score (nSPS) is 26.3. The molecule has 2 heteroatoms. The van der Waals surface area contributed by atoms with Gasteiger partial charge in [-0.25, -0.2) is 0 Å². The third-order valence-electron chi connectivity index (χ3n) is 5.13. The van der Waals surface area contributed by atoms with Crippen LogP contribution in [-0.2, 0) is 0 Å². The Hall–Kier alpha value is -0.0800. The predicted molar refractivity (Wildman–Crippen MR) is 74.1 cm³/mol. The molecule has 17 heavy (non-hydrogen) atoms. The molecule has 2 rings (SSSR count). The molecule has 0 aliphatic heterocycles. The number of likely N-dealkylation sites (N-methyl/N-ethyl adjacent to an activating group) is 1. The summed E-state index contributed by atoms with van der Waals surface area (Å²) in [6.07, 6.45) is 14.0. The van der Waals surface area contributed by atoms with Gasteiger partial charge >= 0.3 is 0 Å². The van der Waals surface area contributed by atoms with Gasteiger partial charge in [-0.1, -0.05) is 45.4 Å². The maximum absolute atomic E-state index is 6.21. The van der Waals surface area contributed by atoms with E-state index in [-0.39, 0.29) is 0 Å². The second-order valence-corrected chi connectivity index (χ2v) is 6.07. The molecule has 0 unspecified atom stereocenters. The molecule has 0 saturated heterocycles. The van der Waals surface area contributed by atoms with Gasteiger partial charge in [0.05, 0.1) is 0 Å². The minimum Gasteiger partial charge on any atom is -0.329 e. The molecule has 2 N–H and O–H groups in total. The van der Waals surface area contributed by atoms with Gasteiger partial charge in [0.1, 0.15) is 0 Å². The maximum atomic E-state index is 6.21. The highest BCUT2D eigenvalue weighted by molar-refractivity contribution is 4.96. The van der Waals surface area contributed by atoms with Crippen molar-refractivity contribution in [3.05, 3.63) is 0 Å². The first-order valence-corrected chi connectivity index (χ1v) is 7.79. The van der Waals surface area contributed by atoms with E-state index in [0.29, 0.717) is 5.54 Å². The van der Waals surface area contributed by atoms with E-state index in [9.17, 15) is 0 Å². The van der Waals surface area contributed by atoms with E-state index in [2.05, 4.69) is 11.8 Å². The highest BCUT2D eigenvalue weighted by Crippen LogP contribution is 2.36. The molecular weight excluding hydrogens is 208 g/mol. The van der Waals surface area contributed by atoms with Crippen LogP contribution in [0.15, 0.2) is 0 Å². The number of hydrogen-bond acceptors (Lipinski definition) is 2. The van der Waals surface area contributed by atoms with Gasteiger partial charge in [0.15, 0.2) is 0 Å². The Morgan fingerprint density at radius 1 is 1.00 bits per heavy atom. The molecule has 2 aliphatic rings. The van der Waals surface area contributed by atoms with Gasteiger partial charge in [-0.3, -0.25) is 4.90 Å². The van der Waals surface area contributed by atoms with Crippen LogP contribution in [0.1, 0.15) is 71.1 Å². The largest absolute Gasteiger partial charge is 0.329 e. The minimum atomic E-state index is 0.347. The monoisotopic (exact) mass is 238 g/mol. The number of nitrogens with two attached hydrogens (primary N) is 1. The van der Waals surface area contributed by atoms with Gasteiger partial charge in [0.2, 0.25) is 0 Å². The van der Waals surface area contributed by atoms with Crippen LogP contribution in [0, 0.1) is 0 Å². The Bertz CT molecular complexity index is 213. The molecule has 0 atom stereocenters. The van der Waals surface area contributed by atoms with Crippen molar-refractivity contribution in [3.63, 3.8) is 0 Å². The van der Waals surface area contributed by atoms with E-state index in [1.807, 2.05) is 0 Å². The number of rotatable bonds is 4. The highest BCUT2D eigenvalue weighted by Gasteiger charge is 2.39. The molecule has 0 aromatic heterocycles. The quantitative estimate of drug-likeness (QED) is 0.761. The lowest BCUT2D eigenvalue weighted by Crippen LogP contribution is -2.57. The summed E-state index contributed by atoms with van der Waals surface area (Å²) in [4.78, 5) is 2.80. The second kappa shape index (κ2) is 6.19.